The molecule has 0 bridgehead atoms. The fourth-order valence-corrected chi connectivity index (χ4v) is 2.72. The van der Waals surface area contributed by atoms with Crippen LogP contribution >= 0.6 is 23.2 Å². The normalized spacial score (nSPS) is 11.3. The monoisotopic (exact) mass is 346 g/mol. The molecule has 0 radical (unpaired) electrons. The summed E-state index contributed by atoms with van der Waals surface area (Å²) in [6.45, 7) is 1.77. The Hall–Kier alpha value is -2.37. The molecule has 0 atom stereocenters. The van der Waals surface area contributed by atoms with Gasteiger partial charge >= 0.3 is 0 Å². The zero-order valence-corrected chi connectivity index (χ0v) is 13.6. The van der Waals surface area contributed by atoms with Gasteiger partial charge in [-0.1, -0.05) is 35.3 Å². The Kier molecular flexibility index (Phi) is 4.32. The summed E-state index contributed by atoms with van der Waals surface area (Å²) in [7, 11) is 0. The number of imidazole rings is 1. The first kappa shape index (κ1) is 15.5. The number of nitrogens with one attached hydrogen (secondary N) is 1. The SMILES string of the molecule is Cc1nc2ccccn2c1C(=O)N/N=C/c1c(Cl)cccc1Cl. The van der Waals surface area contributed by atoms with Gasteiger partial charge in [0.2, 0.25) is 0 Å². The van der Waals surface area contributed by atoms with Crippen LogP contribution in [0.15, 0.2) is 47.7 Å². The number of carbonyl (C=O) groups is 1. The van der Waals surface area contributed by atoms with E-state index in [-0.39, 0.29) is 5.91 Å². The van der Waals surface area contributed by atoms with Crippen LogP contribution in [0.25, 0.3) is 5.65 Å². The van der Waals surface area contributed by atoms with Gasteiger partial charge in [0.05, 0.1) is 22.0 Å². The van der Waals surface area contributed by atoms with E-state index in [1.807, 2.05) is 18.2 Å². The summed E-state index contributed by atoms with van der Waals surface area (Å²) in [6.07, 6.45) is 3.19. The molecule has 3 rings (SSSR count). The third-order valence-electron chi connectivity index (χ3n) is 3.28. The fourth-order valence-electron chi connectivity index (χ4n) is 2.23. The molecular weight excluding hydrogens is 335 g/mol. The highest BCUT2D eigenvalue weighted by Gasteiger charge is 2.15. The van der Waals surface area contributed by atoms with Crippen LogP contribution in [0.2, 0.25) is 10.0 Å². The Balaban J connectivity index is 1.84. The standard InChI is InChI=1S/C16H12Cl2N4O/c1-10-15(22-8-3-2-7-14(22)20-10)16(23)21-19-9-11-12(17)5-4-6-13(11)18/h2-9H,1H3,(H,21,23)/b19-9+. The quantitative estimate of drug-likeness (QED) is 0.580. The summed E-state index contributed by atoms with van der Waals surface area (Å²) in [5.41, 5.74) is 4.78. The number of hydrogen-bond acceptors (Lipinski definition) is 3. The Morgan fingerprint density at radius 3 is 2.70 bits per heavy atom. The lowest BCUT2D eigenvalue weighted by molar-refractivity contribution is 0.0948. The highest BCUT2D eigenvalue weighted by molar-refractivity contribution is 6.38. The molecule has 1 N–H and O–H groups in total. The predicted octanol–water partition coefficient (Wildman–Crippen LogP) is 3.71. The molecule has 2 heterocycles. The first-order valence-corrected chi connectivity index (χ1v) is 7.54. The van der Waals surface area contributed by atoms with Crippen LogP contribution in [-0.4, -0.2) is 21.5 Å². The van der Waals surface area contributed by atoms with E-state index in [0.29, 0.717) is 32.6 Å². The van der Waals surface area contributed by atoms with Crippen LogP contribution < -0.4 is 5.43 Å². The largest absolute Gasteiger partial charge is 0.295 e. The maximum atomic E-state index is 12.3. The molecular formula is C16H12Cl2N4O. The van der Waals surface area contributed by atoms with Crippen molar-refractivity contribution in [3.63, 3.8) is 0 Å². The van der Waals surface area contributed by atoms with Gasteiger partial charge in [-0.2, -0.15) is 5.10 Å². The molecule has 3 aromatic rings. The lowest BCUT2D eigenvalue weighted by atomic mass is 10.2. The molecule has 0 aliphatic heterocycles. The lowest BCUT2D eigenvalue weighted by Crippen LogP contribution is -2.20. The number of benzene rings is 1. The summed E-state index contributed by atoms with van der Waals surface area (Å²) in [5.74, 6) is -0.361. The number of fused-ring (bicyclic) bond motifs is 1. The van der Waals surface area contributed by atoms with Crippen molar-refractivity contribution in [3.8, 4) is 0 Å². The highest BCUT2D eigenvalue weighted by atomic mass is 35.5. The third-order valence-corrected chi connectivity index (χ3v) is 3.94. The Morgan fingerprint density at radius 1 is 1.22 bits per heavy atom. The van der Waals surface area contributed by atoms with Crippen molar-refractivity contribution in [2.45, 2.75) is 6.92 Å². The van der Waals surface area contributed by atoms with E-state index in [9.17, 15) is 4.79 Å². The van der Waals surface area contributed by atoms with Gasteiger partial charge in [0.25, 0.3) is 5.91 Å². The zero-order valence-electron chi connectivity index (χ0n) is 12.1. The molecule has 1 amide bonds. The van der Waals surface area contributed by atoms with Crippen molar-refractivity contribution in [1.29, 1.82) is 0 Å². The van der Waals surface area contributed by atoms with E-state index < -0.39 is 0 Å². The zero-order chi connectivity index (χ0) is 16.4. The predicted molar refractivity (Wildman–Crippen MR) is 91.5 cm³/mol. The Labute approximate surface area is 142 Å². The summed E-state index contributed by atoms with van der Waals surface area (Å²) < 4.78 is 1.71. The molecule has 5 nitrogen and oxygen atoms in total. The molecule has 0 spiro atoms. The average Bonchev–Trinajstić information content (AvgIpc) is 2.86. The first-order chi connectivity index (χ1) is 11.1. The average molecular weight is 347 g/mol. The van der Waals surface area contributed by atoms with Crippen molar-refractivity contribution in [3.05, 3.63) is 69.6 Å². The van der Waals surface area contributed by atoms with Crippen molar-refractivity contribution in [2.75, 3.05) is 0 Å². The number of pyridine rings is 1. The second-order valence-corrected chi connectivity index (χ2v) is 5.62. The van der Waals surface area contributed by atoms with E-state index in [1.54, 1.807) is 35.7 Å². The number of rotatable bonds is 3. The van der Waals surface area contributed by atoms with Gasteiger partial charge in [-0.3, -0.25) is 9.20 Å². The molecule has 0 aliphatic rings. The lowest BCUT2D eigenvalue weighted by Gasteiger charge is -2.02. The van der Waals surface area contributed by atoms with Crippen molar-refractivity contribution < 1.29 is 4.79 Å². The fraction of sp³-hybridized carbons (Fsp3) is 0.0625. The molecule has 0 saturated heterocycles. The molecule has 7 heteroatoms. The molecule has 0 aliphatic carbocycles. The smallest absolute Gasteiger partial charge is 0.290 e. The van der Waals surface area contributed by atoms with Crippen LogP contribution in [-0.2, 0) is 0 Å². The molecule has 0 unspecified atom stereocenters. The number of nitrogens with zero attached hydrogens (tertiary/aromatic N) is 3. The van der Waals surface area contributed by atoms with Crippen LogP contribution in [0, 0.1) is 6.92 Å². The Bertz CT molecular complexity index is 897. The van der Waals surface area contributed by atoms with E-state index in [2.05, 4.69) is 15.5 Å². The molecule has 0 saturated carbocycles. The van der Waals surface area contributed by atoms with E-state index in [0.717, 1.165) is 0 Å². The minimum absolute atomic E-state index is 0.361. The number of aryl methyl sites for hydroxylation is 1. The number of amides is 1. The third kappa shape index (κ3) is 3.06. The minimum Gasteiger partial charge on any atom is -0.295 e. The first-order valence-electron chi connectivity index (χ1n) is 6.79. The van der Waals surface area contributed by atoms with Crippen LogP contribution in [0.5, 0.6) is 0 Å². The number of hydrogen-bond donors (Lipinski definition) is 1. The van der Waals surface area contributed by atoms with E-state index >= 15 is 0 Å². The summed E-state index contributed by atoms with van der Waals surface area (Å²) in [4.78, 5) is 16.7. The van der Waals surface area contributed by atoms with E-state index in [1.165, 1.54) is 6.21 Å². The van der Waals surface area contributed by atoms with Gasteiger partial charge in [-0.05, 0) is 31.2 Å². The maximum absolute atomic E-state index is 12.3. The van der Waals surface area contributed by atoms with Crippen LogP contribution in [0.3, 0.4) is 0 Å². The van der Waals surface area contributed by atoms with E-state index in [4.69, 9.17) is 23.2 Å². The Morgan fingerprint density at radius 2 is 1.96 bits per heavy atom. The van der Waals surface area contributed by atoms with Gasteiger partial charge in [0, 0.05) is 11.8 Å². The van der Waals surface area contributed by atoms with Gasteiger partial charge in [-0.15, -0.1) is 0 Å². The molecule has 0 fully saturated rings. The number of hydrazone groups is 1. The maximum Gasteiger partial charge on any atom is 0.290 e. The van der Waals surface area contributed by atoms with Crippen LogP contribution in [0.1, 0.15) is 21.7 Å². The van der Waals surface area contributed by atoms with Crippen molar-refractivity contribution in [2.24, 2.45) is 5.10 Å². The van der Waals surface area contributed by atoms with Crippen LogP contribution in [0.4, 0.5) is 0 Å². The van der Waals surface area contributed by atoms with Gasteiger partial charge in [0.1, 0.15) is 11.3 Å². The number of aromatic nitrogens is 2. The highest BCUT2D eigenvalue weighted by Crippen LogP contribution is 2.22. The molecule has 116 valence electrons. The topological polar surface area (TPSA) is 58.8 Å². The summed E-state index contributed by atoms with van der Waals surface area (Å²) in [5, 5.41) is 4.85. The second kappa shape index (κ2) is 6.40. The summed E-state index contributed by atoms with van der Waals surface area (Å²) >= 11 is 12.1. The van der Waals surface area contributed by atoms with Gasteiger partial charge < -0.3 is 0 Å². The molecule has 23 heavy (non-hydrogen) atoms. The minimum atomic E-state index is -0.361. The van der Waals surface area contributed by atoms with Crippen molar-refractivity contribution >= 4 is 41.0 Å². The van der Waals surface area contributed by atoms with Crippen molar-refractivity contribution in [1.82, 2.24) is 14.8 Å². The van der Waals surface area contributed by atoms with Gasteiger partial charge in [-0.25, -0.2) is 10.4 Å². The van der Waals surface area contributed by atoms with Gasteiger partial charge in [0.15, 0.2) is 0 Å². The molecule has 1 aromatic carbocycles. The second-order valence-electron chi connectivity index (χ2n) is 4.81. The summed E-state index contributed by atoms with van der Waals surface area (Å²) in [6, 6.07) is 10.7. The number of carbonyl (C=O) groups excluding carboxylic acids is 1. The molecule has 2 aromatic heterocycles. The number of halogens is 2.